The molecule has 0 N–H and O–H groups in total. The number of thiazole rings is 1. The first-order valence-corrected chi connectivity index (χ1v) is 9.99. The predicted octanol–water partition coefficient (Wildman–Crippen LogP) is 5.50. The molecule has 2 aromatic rings. The lowest BCUT2D eigenvalue weighted by Gasteiger charge is -2.37. The number of methoxy groups -OCH3 is 1. The summed E-state index contributed by atoms with van der Waals surface area (Å²) in [5, 5.41) is 5.15. The lowest BCUT2D eigenvalue weighted by molar-refractivity contribution is -0.0146. The van der Waals surface area contributed by atoms with Gasteiger partial charge in [0.15, 0.2) is 10.9 Å². The van der Waals surface area contributed by atoms with Crippen molar-refractivity contribution in [3.05, 3.63) is 47.4 Å². The van der Waals surface area contributed by atoms with Gasteiger partial charge < -0.3 is 9.47 Å². The normalized spacial score (nSPS) is 15.4. The lowest BCUT2D eigenvalue weighted by Crippen LogP contribution is -2.35. The Morgan fingerprint density at radius 1 is 1.43 bits per heavy atom. The van der Waals surface area contributed by atoms with E-state index in [-0.39, 0.29) is 12.3 Å². The SMILES string of the molecule is C=C(OC1(C)CCCCC1)N(CN=[N+]=[N-])c1sc(-c2cccnc2)nc1OC. The van der Waals surface area contributed by atoms with Crippen LogP contribution in [0.1, 0.15) is 39.0 Å². The number of nitrogens with zero attached hydrogens (tertiary/aromatic N) is 6. The van der Waals surface area contributed by atoms with Crippen LogP contribution in [-0.2, 0) is 4.74 Å². The highest BCUT2D eigenvalue weighted by Crippen LogP contribution is 2.42. The molecule has 0 bridgehead atoms. The Morgan fingerprint density at radius 3 is 2.86 bits per heavy atom. The molecule has 0 radical (unpaired) electrons. The third kappa shape index (κ3) is 4.55. The van der Waals surface area contributed by atoms with Gasteiger partial charge in [-0.05, 0) is 56.8 Å². The van der Waals surface area contributed by atoms with Crippen molar-refractivity contribution in [2.24, 2.45) is 5.11 Å². The maximum absolute atomic E-state index is 8.84. The van der Waals surface area contributed by atoms with Gasteiger partial charge in [-0.3, -0.25) is 9.88 Å². The highest BCUT2D eigenvalue weighted by atomic mass is 32.1. The molecule has 3 rings (SSSR count). The zero-order valence-corrected chi connectivity index (χ0v) is 17.0. The summed E-state index contributed by atoms with van der Waals surface area (Å²) >= 11 is 1.41. The molecule has 28 heavy (non-hydrogen) atoms. The Labute approximate surface area is 168 Å². The van der Waals surface area contributed by atoms with Crippen LogP contribution >= 0.6 is 11.3 Å². The van der Waals surface area contributed by atoms with E-state index in [1.165, 1.54) is 17.8 Å². The van der Waals surface area contributed by atoms with Crippen molar-refractivity contribution in [1.29, 1.82) is 0 Å². The summed E-state index contributed by atoms with van der Waals surface area (Å²) < 4.78 is 11.7. The van der Waals surface area contributed by atoms with Crippen molar-refractivity contribution < 1.29 is 9.47 Å². The van der Waals surface area contributed by atoms with Crippen LogP contribution in [0.4, 0.5) is 5.00 Å². The van der Waals surface area contributed by atoms with E-state index in [0.29, 0.717) is 16.8 Å². The molecule has 2 heterocycles. The van der Waals surface area contributed by atoms with Crippen LogP contribution < -0.4 is 9.64 Å². The van der Waals surface area contributed by atoms with Gasteiger partial charge in [0.1, 0.15) is 17.3 Å². The molecule has 0 aromatic carbocycles. The van der Waals surface area contributed by atoms with Crippen molar-refractivity contribution in [2.75, 3.05) is 18.7 Å². The first-order chi connectivity index (χ1) is 13.6. The van der Waals surface area contributed by atoms with Gasteiger partial charge in [0, 0.05) is 22.9 Å². The largest absolute Gasteiger partial charge is 0.479 e. The summed E-state index contributed by atoms with van der Waals surface area (Å²) in [7, 11) is 1.56. The van der Waals surface area contributed by atoms with Crippen LogP contribution in [0.2, 0.25) is 0 Å². The Kier molecular flexibility index (Phi) is 6.38. The number of anilines is 1. The molecule has 9 heteroatoms. The third-order valence-electron chi connectivity index (χ3n) is 4.77. The Bertz CT molecular complexity index is 857. The van der Waals surface area contributed by atoms with Gasteiger partial charge in [-0.25, -0.2) is 0 Å². The summed E-state index contributed by atoms with van der Waals surface area (Å²) in [6.07, 6.45) is 8.90. The molecule has 0 aliphatic heterocycles. The van der Waals surface area contributed by atoms with Gasteiger partial charge in [-0.1, -0.05) is 22.9 Å². The summed E-state index contributed by atoms with van der Waals surface area (Å²) in [6.45, 7) is 6.26. The highest BCUT2D eigenvalue weighted by Gasteiger charge is 2.31. The zero-order valence-electron chi connectivity index (χ0n) is 16.2. The molecule has 0 amide bonds. The van der Waals surface area contributed by atoms with Gasteiger partial charge in [0.05, 0.1) is 7.11 Å². The van der Waals surface area contributed by atoms with Crippen LogP contribution in [0.15, 0.2) is 42.1 Å². The van der Waals surface area contributed by atoms with Crippen LogP contribution in [0.25, 0.3) is 21.0 Å². The predicted molar refractivity (Wildman–Crippen MR) is 110 cm³/mol. The van der Waals surface area contributed by atoms with Gasteiger partial charge in [-0.2, -0.15) is 4.98 Å². The number of rotatable bonds is 8. The molecule has 0 spiro atoms. The molecular formula is C19H24N6O2S. The molecule has 1 aliphatic carbocycles. The number of pyridine rings is 1. The lowest BCUT2D eigenvalue weighted by atomic mass is 9.86. The Morgan fingerprint density at radius 2 is 2.21 bits per heavy atom. The van der Waals surface area contributed by atoms with Crippen LogP contribution in [-0.4, -0.2) is 29.3 Å². The van der Waals surface area contributed by atoms with Crippen molar-refractivity contribution in [2.45, 2.75) is 44.6 Å². The molecule has 0 unspecified atom stereocenters. The molecule has 0 atom stereocenters. The fourth-order valence-corrected chi connectivity index (χ4v) is 4.34. The maximum Gasteiger partial charge on any atom is 0.250 e. The summed E-state index contributed by atoms with van der Waals surface area (Å²) in [4.78, 5) is 13.3. The second-order valence-electron chi connectivity index (χ2n) is 6.88. The minimum Gasteiger partial charge on any atom is -0.479 e. The minimum atomic E-state index is -0.270. The van der Waals surface area contributed by atoms with Crippen molar-refractivity contribution in [3.8, 4) is 16.5 Å². The minimum absolute atomic E-state index is 0.0381. The van der Waals surface area contributed by atoms with E-state index in [2.05, 4.69) is 33.5 Å². The number of ether oxygens (including phenoxy) is 2. The monoisotopic (exact) mass is 400 g/mol. The summed E-state index contributed by atoms with van der Waals surface area (Å²) in [5.41, 5.74) is 9.45. The van der Waals surface area contributed by atoms with E-state index in [1.807, 2.05) is 12.1 Å². The van der Waals surface area contributed by atoms with E-state index in [9.17, 15) is 0 Å². The van der Waals surface area contributed by atoms with E-state index < -0.39 is 0 Å². The summed E-state index contributed by atoms with van der Waals surface area (Å²) in [5.74, 6) is 0.854. The third-order valence-corrected chi connectivity index (χ3v) is 5.88. The number of aromatic nitrogens is 2. The van der Waals surface area contributed by atoms with E-state index in [0.717, 1.165) is 36.3 Å². The van der Waals surface area contributed by atoms with Crippen molar-refractivity contribution >= 4 is 16.3 Å². The smallest absolute Gasteiger partial charge is 0.250 e. The highest BCUT2D eigenvalue weighted by molar-refractivity contribution is 7.19. The molecule has 0 saturated heterocycles. The molecule has 2 aromatic heterocycles. The average Bonchev–Trinajstić information content (AvgIpc) is 3.13. The molecule has 1 aliphatic rings. The number of hydrogen-bond donors (Lipinski definition) is 0. The van der Waals surface area contributed by atoms with Gasteiger partial charge in [0.25, 0.3) is 0 Å². The molecule has 8 nitrogen and oxygen atoms in total. The number of hydrogen-bond acceptors (Lipinski definition) is 7. The molecule has 1 fully saturated rings. The second-order valence-corrected chi connectivity index (χ2v) is 7.86. The van der Waals surface area contributed by atoms with Gasteiger partial charge in [-0.15, -0.1) is 0 Å². The molecular weight excluding hydrogens is 376 g/mol. The Balaban J connectivity index is 1.91. The van der Waals surface area contributed by atoms with Crippen molar-refractivity contribution in [3.63, 3.8) is 0 Å². The fourth-order valence-electron chi connectivity index (χ4n) is 3.30. The first-order valence-electron chi connectivity index (χ1n) is 9.18. The maximum atomic E-state index is 8.84. The molecule has 148 valence electrons. The molecule has 1 saturated carbocycles. The number of azide groups is 1. The fraction of sp³-hybridized carbons (Fsp3) is 0.474. The van der Waals surface area contributed by atoms with Gasteiger partial charge >= 0.3 is 0 Å². The standard InChI is InChI=1S/C19H24N6O2S/c1-14(27-19(2)9-5-4-6-10-19)25(13-22-24-20)18-16(26-3)23-17(28-18)15-8-7-11-21-12-15/h7-8,11-12H,1,4-6,9-10,13H2,2-3H3. The van der Waals surface area contributed by atoms with E-state index in [1.54, 1.807) is 24.4 Å². The van der Waals surface area contributed by atoms with Crippen LogP contribution in [0, 0.1) is 0 Å². The second kappa shape index (κ2) is 8.95. The Hall–Kier alpha value is -2.77. The summed E-state index contributed by atoms with van der Waals surface area (Å²) in [6, 6.07) is 3.79. The van der Waals surface area contributed by atoms with Crippen molar-refractivity contribution in [1.82, 2.24) is 9.97 Å². The van der Waals surface area contributed by atoms with E-state index in [4.69, 9.17) is 15.0 Å². The van der Waals surface area contributed by atoms with Crippen LogP contribution in [0.5, 0.6) is 5.88 Å². The first kappa shape index (κ1) is 20.0. The van der Waals surface area contributed by atoms with Gasteiger partial charge in [0.2, 0.25) is 5.88 Å². The van der Waals surface area contributed by atoms with E-state index >= 15 is 0 Å². The average molecular weight is 401 g/mol. The van der Waals surface area contributed by atoms with Crippen LogP contribution in [0.3, 0.4) is 0 Å². The topological polar surface area (TPSA) is 96.2 Å². The quantitative estimate of drug-likeness (QED) is 0.252. The zero-order chi connectivity index (χ0) is 20.0.